The standard InChI is InChI=1S/C11H13ClN2O5S/c1-6-10(12)4-9(5-11(6)14(16)17)20(18,19)13-7(2)8(3)15/h4-5,7,13H,1-3H3. The number of nitro benzene ring substituents is 1. The maximum Gasteiger partial charge on any atom is 0.275 e. The van der Waals surface area contributed by atoms with Crippen LogP contribution in [-0.4, -0.2) is 25.2 Å². The number of hydrogen-bond acceptors (Lipinski definition) is 5. The fraction of sp³-hybridized carbons (Fsp3) is 0.364. The molecule has 0 aliphatic heterocycles. The molecular formula is C11H13ClN2O5S. The third-order valence-electron chi connectivity index (χ3n) is 2.74. The predicted molar refractivity (Wildman–Crippen MR) is 73.3 cm³/mol. The summed E-state index contributed by atoms with van der Waals surface area (Å²) in [6.07, 6.45) is 0. The molecule has 1 rings (SSSR count). The largest absolute Gasteiger partial charge is 0.298 e. The maximum absolute atomic E-state index is 12.0. The number of nitrogens with zero attached hydrogens (tertiary/aromatic N) is 1. The van der Waals surface area contributed by atoms with Gasteiger partial charge in [0.2, 0.25) is 10.0 Å². The van der Waals surface area contributed by atoms with Gasteiger partial charge >= 0.3 is 0 Å². The van der Waals surface area contributed by atoms with Crippen LogP contribution < -0.4 is 4.72 Å². The van der Waals surface area contributed by atoms with Gasteiger partial charge in [-0.3, -0.25) is 14.9 Å². The lowest BCUT2D eigenvalue weighted by atomic mass is 10.2. The molecule has 0 bridgehead atoms. The van der Waals surface area contributed by atoms with Gasteiger partial charge in [0.15, 0.2) is 0 Å². The molecule has 0 saturated carbocycles. The summed E-state index contributed by atoms with van der Waals surface area (Å²) in [4.78, 5) is 20.9. The maximum atomic E-state index is 12.0. The molecule has 1 unspecified atom stereocenters. The minimum absolute atomic E-state index is 0.0324. The minimum Gasteiger partial charge on any atom is -0.298 e. The molecule has 1 N–H and O–H groups in total. The van der Waals surface area contributed by atoms with E-state index < -0.39 is 26.7 Å². The summed E-state index contributed by atoms with van der Waals surface area (Å²) in [6, 6.07) is 1.09. The first-order valence-electron chi connectivity index (χ1n) is 5.53. The average Bonchev–Trinajstić information content (AvgIpc) is 2.31. The van der Waals surface area contributed by atoms with Gasteiger partial charge < -0.3 is 0 Å². The smallest absolute Gasteiger partial charge is 0.275 e. The minimum atomic E-state index is -4.06. The first-order valence-corrected chi connectivity index (χ1v) is 7.39. The molecule has 0 radical (unpaired) electrons. The molecule has 0 aliphatic rings. The fourth-order valence-corrected chi connectivity index (χ4v) is 2.96. The number of ketones is 1. The van der Waals surface area contributed by atoms with Gasteiger partial charge in [0.25, 0.3) is 5.69 Å². The lowest BCUT2D eigenvalue weighted by Gasteiger charge is -2.12. The van der Waals surface area contributed by atoms with Crippen molar-refractivity contribution in [2.75, 3.05) is 0 Å². The van der Waals surface area contributed by atoms with Crippen LogP contribution in [0.5, 0.6) is 0 Å². The van der Waals surface area contributed by atoms with Gasteiger partial charge in [-0.15, -0.1) is 0 Å². The van der Waals surface area contributed by atoms with E-state index in [1.54, 1.807) is 0 Å². The van der Waals surface area contributed by atoms with Crippen molar-refractivity contribution in [3.05, 3.63) is 32.8 Å². The zero-order valence-electron chi connectivity index (χ0n) is 11.0. The monoisotopic (exact) mass is 320 g/mol. The second-order valence-electron chi connectivity index (χ2n) is 4.26. The van der Waals surface area contributed by atoms with Crippen molar-refractivity contribution in [2.24, 2.45) is 0 Å². The summed E-state index contributed by atoms with van der Waals surface area (Å²) < 4.78 is 26.2. The first-order chi connectivity index (χ1) is 9.06. The number of carbonyl (C=O) groups excluding carboxylic acids is 1. The van der Waals surface area contributed by atoms with Crippen molar-refractivity contribution < 1.29 is 18.1 Å². The number of nitro groups is 1. The first kappa shape index (κ1) is 16.5. The normalized spacial score (nSPS) is 13.0. The van der Waals surface area contributed by atoms with E-state index in [9.17, 15) is 23.3 Å². The number of hydrogen-bond donors (Lipinski definition) is 1. The Bertz CT molecular complexity index is 672. The quantitative estimate of drug-likeness (QED) is 0.657. The molecular weight excluding hydrogens is 308 g/mol. The Morgan fingerprint density at radius 1 is 1.45 bits per heavy atom. The Hall–Kier alpha value is -1.51. The molecule has 0 spiro atoms. The summed E-state index contributed by atoms with van der Waals surface area (Å²) >= 11 is 5.80. The Morgan fingerprint density at radius 3 is 2.45 bits per heavy atom. The second-order valence-corrected chi connectivity index (χ2v) is 6.38. The molecule has 1 aromatic carbocycles. The molecule has 1 atom stereocenters. The van der Waals surface area contributed by atoms with Crippen molar-refractivity contribution in [1.29, 1.82) is 0 Å². The SMILES string of the molecule is CC(=O)C(C)NS(=O)(=O)c1cc(Cl)c(C)c([N+](=O)[O-])c1. The van der Waals surface area contributed by atoms with Crippen LogP contribution in [0, 0.1) is 17.0 Å². The average molecular weight is 321 g/mol. The lowest BCUT2D eigenvalue weighted by Crippen LogP contribution is -2.37. The molecule has 0 fully saturated rings. The van der Waals surface area contributed by atoms with Crippen molar-refractivity contribution in [3.63, 3.8) is 0 Å². The van der Waals surface area contributed by atoms with Crippen molar-refractivity contribution >= 4 is 33.1 Å². The molecule has 0 saturated heterocycles. The number of Topliss-reactive ketones (excluding diaryl/α,β-unsaturated/α-hetero) is 1. The third-order valence-corrected chi connectivity index (χ3v) is 4.65. The highest BCUT2D eigenvalue weighted by atomic mass is 35.5. The Kier molecular flexibility index (Phi) is 4.85. The number of nitrogens with one attached hydrogen (secondary N) is 1. The van der Waals surface area contributed by atoms with Gasteiger partial charge in [0, 0.05) is 11.6 Å². The summed E-state index contributed by atoms with van der Waals surface area (Å²) in [5.74, 6) is -0.374. The van der Waals surface area contributed by atoms with E-state index >= 15 is 0 Å². The number of benzene rings is 1. The van der Waals surface area contributed by atoms with Gasteiger partial charge in [-0.2, -0.15) is 0 Å². The Balaban J connectivity index is 3.33. The zero-order chi connectivity index (χ0) is 15.7. The van der Waals surface area contributed by atoms with Crippen LogP contribution in [0.2, 0.25) is 5.02 Å². The molecule has 0 amide bonds. The van der Waals surface area contributed by atoms with Crippen molar-refractivity contribution in [1.82, 2.24) is 4.72 Å². The van der Waals surface area contributed by atoms with E-state index in [0.717, 1.165) is 12.1 Å². The third kappa shape index (κ3) is 3.53. The number of carbonyl (C=O) groups is 1. The highest BCUT2D eigenvalue weighted by molar-refractivity contribution is 7.89. The summed E-state index contributed by atoms with van der Waals surface area (Å²) in [7, 11) is -4.06. The van der Waals surface area contributed by atoms with E-state index in [-0.39, 0.29) is 21.3 Å². The number of sulfonamides is 1. The zero-order valence-corrected chi connectivity index (χ0v) is 12.6. The van der Waals surface area contributed by atoms with Crippen molar-refractivity contribution in [2.45, 2.75) is 31.7 Å². The lowest BCUT2D eigenvalue weighted by molar-refractivity contribution is -0.385. The van der Waals surface area contributed by atoms with Gasteiger partial charge in [-0.25, -0.2) is 13.1 Å². The van der Waals surface area contributed by atoms with E-state index in [1.165, 1.54) is 20.8 Å². The van der Waals surface area contributed by atoms with E-state index in [4.69, 9.17) is 11.6 Å². The highest BCUT2D eigenvalue weighted by Gasteiger charge is 2.24. The van der Waals surface area contributed by atoms with Crippen LogP contribution in [0.4, 0.5) is 5.69 Å². The molecule has 0 heterocycles. The second kappa shape index (κ2) is 5.86. The molecule has 110 valence electrons. The number of halogens is 1. The molecule has 20 heavy (non-hydrogen) atoms. The number of rotatable bonds is 5. The predicted octanol–water partition coefficient (Wildman–Crippen LogP) is 1.81. The van der Waals surface area contributed by atoms with Gasteiger partial charge in [0.1, 0.15) is 5.78 Å². The van der Waals surface area contributed by atoms with E-state index in [2.05, 4.69) is 4.72 Å². The summed E-state index contributed by atoms with van der Waals surface area (Å²) in [6.45, 7) is 4.03. The summed E-state index contributed by atoms with van der Waals surface area (Å²) in [5, 5.41) is 10.8. The van der Waals surface area contributed by atoms with Gasteiger partial charge in [-0.05, 0) is 26.8 Å². The molecule has 9 heteroatoms. The van der Waals surface area contributed by atoms with Crippen LogP contribution in [-0.2, 0) is 14.8 Å². The van der Waals surface area contributed by atoms with Crippen LogP contribution in [0.1, 0.15) is 19.4 Å². The van der Waals surface area contributed by atoms with Gasteiger partial charge in [0.05, 0.1) is 20.9 Å². The molecule has 0 aliphatic carbocycles. The molecule has 1 aromatic rings. The van der Waals surface area contributed by atoms with Crippen LogP contribution in [0.3, 0.4) is 0 Å². The van der Waals surface area contributed by atoms with Gasteiger partial charge in [-0.1, -0.05) is 11.6 Å². The highest BCUT2D eigenvalue weighted by Crippen LogP contribution is 2.29. The molecule has 0 aromatic heterocycles. The van der Waals surface area contributed by atoms with E-state index in [0.29, 0.717) is 0 Å². The van der Waals surface area contributed by atoms with Crippen LogP contribution >= 0.6 is 11.6 Å². The van der Waals surface area contributed by atoms with E-state index in [1.807, 2.05) is 0 Å². The Labute approximate surface area is 121 Å². The topological polar surface area (TPSA) is 106 Å². The molecule has 7 nitrogen and oxygen atoms in total. The Morgan fingerprint density at radius 2 is 2.00 bits per heavy atom. The fourth-order valence-electron chi connectivity index (χ4n) is 1.37. The van der Waals surface area contributed by atoms with Crippen LogP contribution in [0.25, 0.3) is 0 Å². The van der Waals surface area contributed by atoms with Crippen LogP contribution in [0.15, 0.2) is 17.0 Å². The summed E-state index contributed by atoms with van der Waals surface area (Å²) in [5.41, 5.74) is -0.219. The van der Waals surface area contributed by atoms with Crippen molar-refractivity contribution in [3.8, 4) is 0 Å².